The molecule has 1 aromatic heterocycles. The third-order valence-corrected chi connectivity index (χ3v) is 7.34. The van der Waals surface area contributed by atoms with Gasteiger partial charge < -0.3 is 15.2 Å². The van der Waals surface area contributed by atoms with E-state index in [1.807, 2.05) is 36.4 Å². The number of allylic oxidation sites excluding steroid dienone is 1. The zero-order valence-corrected chi connectivity index (χ0v) is 21.1. The van der Waals surface area contributed by atoms with Crippen LogP contribution in [0.15, 0.2) is 64.2 Å². The molecule has 2 aromatic rings. The van der Waals surface area contributed by atoms with Gasteiger partial charge in [0.25, 0.3) is 0 Å². The Kier molecular flexibility index (Phi) is 8.30. The lowest BCUT2D eigenvalue weighted by Crippen LogP contribution is -2.27. The number of benzene rings is 1. The number of nitriles is 2. The van der Waals surface area contributed by atoms with Gasteiger partial charge in [0.1, 0.15) is 28.5 Å². The molecule has 0 saturated heterocycles. The van der Waals surface area contributed by atoms with Gasteiger partial charge in [-0.2, -0.15) is 10.5 Å². The molecule has 8 heteroatoms. The molecule has 1 aliphatic carbocycles. The molecule has 0 saturated carbocycles. The summed E-state index contributed by atoms with van der Waals surface area (Å²) in [5, 5.41) is 20.3. The molecule has 0 amide bonds. The van der Waals surface area contributed by atoms with Crippen molar-refractivity contribution < 1.29 is 14.3 Å². The minimum atomic E-state index is -0.709. The average molecular weight is 501 g/mol. The molecule has 0 spiro atoms. The highest BCUT2D eigenvalue weighted by Crippen LogP contribution is 2.41. The molecule has 184 valence electrons. The first-order valence-electron chi connectivity index (χ1n) is 12.2. The molecule has 1 aliphatic heterocycles. The fourth-order valence-electron chi connectivity index (χ4n) is 4.63. The highest BCUT2D eigenvalue weighted by Gasteiger charge is 2.37. The molecule has 2 heterocycles. The van der Waals surface area contributed by atoms with E-state index in [1.165, 1.54) is 24.6 Å². The topological polar surface area (TPSA) is 122 Å². The molecule has 0 bridgehead atoms. The number of esters is 1. The zero-order chi connectivity index (χ0) is 25.5. The molecule has 7 nitrogen and oxygen atoms in total. The van der Waals surface area contributed by atoms with Gasteiger partial charge in [0.2, 0.25) is 5.88 Å². The standard InChI is InChI=1S/C28H28N4O3S/c1-2-34-28(33)25-23(35-26(31)21(16-30)24(25)18-10-7-5-8-11-18)17-36-27-20(15-29)14-19-12-6-3-4-9-13-22(19)32-27/h5,7-8,10-11,14,24H,2-4,6,9,12-13,17,31H2,1H3. The van der Waals surface area contributed by atoms with E-state index < -0.39 is 11.9 Å². The van der Waals surface area contributed by atoms with E-state index in [2.05, 4.69) is 12.1 Å². The first-order valence-corrected chi connectivity index (χ1v) is 13.1. The van der Waals surface area contributed by atoms with Crippen LogP contribution in [-0.2, 0) is 27.1 Å². The Hall–Kier alpha value is -3.75. The Morgan fingerprint density at radius 3 is 2.61 bits per heavy atom. The Labute approximate surface area is 215 Å². The second kappa shape index (κ2) is 11.8. The Morgan fingerprint density at radius 2 is 1.92 bits per heavy atom. The molecular weight excluding hydrogens is 472 g/mol. The number of aromatic nitrogens is 1. The van der Waals surface area contributed by atoms with E-state index in [1.54, 1.807) is 6.92 Å². The van der Waals surface area contributed by atoms with Crippen molar-refractivity contribution in [3.05, 3.63) is 81.6 Å². The van der Waals surface area contributed by atoms with Gasteiger partial charge in [-0.3, -0.25) is 0 Å². The summed E-state index contributed by atoms with van der Waals surface area (Å²) in [4.78, 5) is 18.0. The minimum Gasteiger partial charge on any atom is -0.463 e. The molecule has 1 aromatic carbocycles. The summed E-state index contributed by atoms with van der Waals surface area (Å²) in [5.74, 6) is -0.798. The predicted molar refractivity (Wildman–Crippen MR) is 136 cm³/mol. The van der Waals surface area contributed by atoms with Crippen LogP contribution in [0.1, 0.15) is 60.9 Å². The van der Waals surface area contributed by atoms with Gasteiger partial charge in [-0.1, -0.05) is 54.9 Å². The average Bonchev–Trinajstić information content (AvgIpc) is 2.88. The largest absolute Gasteiger partial charge is 0.463 e. The molecule has 0 fully saturated rings. The number of pyridine rings is 1. The number of carbonyl (C=O) groups excluding carboxylic acids is 1. The van der Waals surface area contributed by atoms with Crippen LogP contribution >= 0.6 is 11.8 Å². The monoisotopic (exact) mass is 500 g/mol. The van der Waals surface area contributed by atoms with Crippen molar-refractivity contribution in [2.75, 3.05) is 12.4 Å². The molecule has 2 N–H and O–H groups in total. The maximum absolute atomic E-state index is 13.1. The van der Waals surface area contributed by atoms with Gasteiger partial charge in [-0.05, 0) is 49.8 Å². The van der Waals surface area contributed by atoms with E-state index >= 15 is 0 Å². The number of hydrogen-bond acceptors (Lipinski definition) is 8. The van der Waals surface area contributed by atoms with Crippen molar-refractivity contribution in [1.29, 1.82) is 10.5 Å². The van der Waals surface area contributed by atoms with Crippen molar-refractivity contribution in [3.63, 3.8) is 0 Å². The molecule has 1 unspecified atom stereocenters. The van der Waals surface area contributed by atoms with Crippen molar-refractivity contribution in [2.24, 2.45) is 5.73 Å². The lowest BCUT2D eigenvalue weighted by Gasteiger charge is -2.28. The summed E-state index contributed by atoms with van der Waals surface area (Å²) in [5.41, 5.74) is 9.99. The van der Waals surface area contributed by atoms with Crippen LogP contribution < -0.4 is 5.73 Å². The fraction of sp³-hybridized carbons (Fsp3) is 0.357. The summed E-state index contributed by atoms with van der Waals surface area (Å²) in [6, 6.07) is 15.6. The molecule has 0 radical (unpaired) electrons. The lowest BCUT2D eigenvalue weighted by molar-refractivity contribution is -0.139. The predicted octanol–water partition coefficient (Wildman–Crippen LogP) is 5.03. The smallest absolute Gasteiger partial charge is 0.338 e. The fourth-order valence-corrected chi connectivity index (χ4v) is 5.55. The van der Waals surface area contributed by atoms with Gasteiger partial charge >= 0.3 is 5.97 Å². The van der Waals surface area contributed by atoms with E-state index in [0.717, 1.165) is 42.5 Å². The number of thioether (sulfide) groups is 1. The Bertz CT molecular complexity index is 1290. The van der Waals surface area contributed by atoms with Crippen LogP contribution in [0.25, 0.3) is 0 Å². The molecule has 4 rings (SSSR count). The van der Waals surface area contributed by atoms with E-state index in [-0.39, 0.29) is 29.4 Å². The first kappa shape index (κ1) is 25.3. The van der Waals surface area contributed by atoms with E-state index in [0.29, 0.717) is 16.3 Å². The molecule has 1 atom stereocenters. The highest BCUT2D eigenvalue weighted by molar-refractivity contribution is 7.99. The highest BCUT2D eigenvalue weighted by atomic mass is 32.2. The third kappa shape index (κ3) is 5.40. The van der Waals surface area contributed by atoms with Gasteiger partial charge in [0.05, 0.1) is 29.4 Å². The molecule has 2 aliphatic rings. The van der Waals surface area contributed by atoms with Crippen LogP contribution in [0.2, 0.25) is 0 Å². The van der Waals surface area contributed by atoms with Gasteiger partial charge in [-0.15, -0.1) is 0 Å². The van der Waals surface area contributed by atoms with Crippen LogP contribution in [-0.4, -0.2) is 23.3 Å². The number of carbonyl (C=O) groups is 1. The summed E-state index contributed by atoms with van der Waals surface area (Å²) in [6.07, 6.45) is 6.38. The third-order valence-electron chi connectivity index (χ3n) is 6.35. The zero-order valence-electron chi connectivity index (χ0n) is 20.3. The summed E-state index contributed by atoms with van der Waals surface area (Å²) in [7, 11) is 0. The van der Waals surface area contributed by atoms with Crippen molar-refractivity contribution >= 4 is 17.7 Å². The molecule has 36 heavy (non-hydrogen) atoms. The van der Waals surface area contributed by atoms with Gasteiger partial charge in [0.15, 0.2) is 0 Å². The Morgan fingerprint density at radius 1 is 1.17 bits per heavy atom. The summed E-state index contributed by atoms with van der Waals surface area (Å²) < 4.78 is 11.2. The maximum Gasteiger partial charge on any atom is 0.338 e. The quantitative estimate of drug-likeness (QED) is 0.433. The van der Waals surface area contributed by atoms with Crippen molar-refractivity contribution in [3.8, 4) is 12.1 Å². The number of hydrogen-bond donors (Lipinski definition) is 1. The Balaban J connectivity index is 1.73. The SMILES string of the molecule is CCOC(=O)C1=C(CSc2nc3c(cc2C#N)CCCCCC3)OC(N)=C(C#N)C1c1ccccc1. The van der Waals surface area contributed by atoms with E-state index in [9.17, 15) is 15.3 Å². The van der Waals surface area contributed by atoms with E-state index in [4.69, 9.17) is 20.2 Å². The van der Waals surface area contributed by atoms with Crippen molar-refractivity contribution in [2.45, 2.75) is 56.4 Å². The summed E-state index contributed by atoms with van der Waals surface area (Å²) in [6.45, 7) is 1.90. The maximum atomic E-state index is 13.1. The number of nitrogens with two attached hydrogens (primary N) is 1. The second-order valence-corrected chi connectivity index (χ2v) is 9.62. The van der Waals surface area contributed by atoms with Crippen molar-refractivity contribution in [1.82, 2.24) is 4.98 Å². The van der Waals surface area contributed by atoms with Gasteiger partial charge in [-0.25, -0.2) is 9.78 Å². The van der Waals surface area contributed by atoms with Crippen LogP contribution in [0.5, 0.6) is 0 Å². The van der Waals surface area contributed by atoms with Crippen LogP contribution in [0.4, 0.5) is 0 Å². The summed E-state index contributed by atoms with van der Waals surface area (Å²) >= 11 is 1.33. The number of aryl methyl sites for hydroxylation is 2. The minimum absolute atomic E-state index is 0.0401. The van der Waals surface area contributed by atoms with Crippen LogP contribution in [0, 0.1) is 22.7 Å². The number of nitrogens with zero attached hydrogens (tertiary/aromatic N) is 3. The number of ether oxygens (including phenoxy) is 2. The normalized spacial score (nSPS) is 17.7. The van der Waals surface area contributed by atoms with Gasteiger partial charge in [0, 0.05) is 5.69 Å². The first-order chi connectivity index (χ1) is 17.6. The second-order valence-electron chi connectivity index (χ2n) is 8.65. The number of rotatable bonds is 6. The molecular formula is C28H28N4O3S. The lowest BCUT2D eigenvalue weighted by atomic mass is 9.83. The number of fused-ring (bicyclic) bond motifs is 1. The van der Waals surface area contributed by atoms with Crippen LogP contribution in [0.3, 0.4) is 0 Å².